The van der Waals surface area contributed by atoms with Crippen molar-refractivity contribution < 1.29 is 4.79 Å². The van der Waals surface area contributed by atoms with E-state index in [1.807, 2.05) is 4.90 Å². The normalized spacial score (nSPS) is 32.5. The van der Waals surface area contributed by atoms with E-state index in [-0.39, 0.29) is 5.91 Å². The second-order valence-electron chi connectivity index (χ2n) is 5.29. The average Bonchev–Trinajstić information content (AvgIpc) is 2.96. The van der Waals surface area contributed by atoms with E-state index in [1.165, 1.54) is 6.42 Å². The molecule has 1 amide bonds. The Kier molecular flexibility index (Phi) is 2.63. The molecule has 3 atom stereocenters. The number of hydrogen-bond acceptors (Lipinski definition) is 3. The van der Waals surface area contributed by atoms with Gasteiger partial charge in [-0.15, -0.1) is 0 Å². The van der Waals surface area contributed by atoms with Crippen molar-refractivity contribution in [3.63, 3.8) is 0 Å². The highest BCUT2D eigenvalue weighted by Gasteiger charge is 2.38. The lowest BCUT2D eigenvalue weighted by atomic mass is 9.79. The molecule has 0 spiro atoms. The van der Waals surface area contributed by atoms with Gasteiger partial charge in [-0.25, -0.2) is 0 Å². The molecular weight excluding hydrogens is 216 g/mol. The summed E-state index contributed by atoms with van der Waals surface area (Å²) >= 11 is 0. The number of nitrogens with two attached hydrogens (primary N) is 1. The maximum Gasteiger partial charge on any atom is 0.257 e. The highest BCUT2D eigenvalue weighted by molar-refractivity contribution is 5.93. The molecule has 1 saturated heterocycles. The second kappa shape index (κ2) is 4.14. The minimum Gasteiger partial charge on any atom is -0.338 e. The van der Waals surface area contributed by atoms with Gasteiger partial charge in [0.2, 0.25) is 0 Å². The molecule has 92 valence electrons. The van der Waals surface area contributed by atoms with Crippen LogP contribution in [-0.2, 0) is 0 Å². The van der Waals surface area contributed by atoms with Crippen LogP contribution in [0.4, 0.5) is 0 Å². The van der Waals surface area contributed by atoms with Crippen LogP contribution in [0.5, 0.6) is 0 Å². The summed E-state index contributed by atoms with van der Waals surface area (Å²) in [5, 5.41) is 6.51. The van der Waals surface area contributed by atoms with Crippen molar-refractivity contribution in [1.82, 2.24) is 15.1 Å². The first-order chi connectivity index (χ1) is 8.24. The van der Waals surface area contributed by atoms with E-state index < -0.39 is 0 Å². The zero-order valence-corrected chi connectivity index (χ0v) is 9.80. The standard InChI is InChI=1S/C12H18N4O/c13-11-2-1-8-6-16(7-9(8)3-11)12(17)10-4-14-15-5-10/h4-5,8-9,11H,1-3,6-7,13H2,(H,14,15)/t8-,9+,11?/m1/s1. The second-order valence-corrected chi connectivity index (χ2v) is 5.29. The molecule has 17 heavy (non-hydrogen) atoms. The molecule has 2 fully saturated rings. The molecule has 1 aromatic rings. The van der Waals surface area contributed by atoms with Crippen molar-refractivity contribution in [1.29, 1.82) is 0 Å². The number of fused-ring (bicyclic) bond motifs is 1. The molecule has 0 radical (unpaired) electrons. The molecule has 3 rings (SSSR count). The van der Waals surface area contributed by atoms with E-state index in [9.17, 15) is 4.79 Å². The molecule has 1 unspecified atom stereocenters. The maximum atomic E-state index is 12.2. The predicted octanol–water partition coefficient (Wildman–Crippen LogP) is 0.609. The van der Waals surface area contributed by atoms with E-state index in [0.29, 0.717) is 23.4 Å². The number of nitrogens with zero attached hydrogens (tertiary/aromatic N) is 2. The SMILES string of the molecule is NC1CC[C@@H]2CN(C(=O)c3cn[nH]c3)C[C@@H]2C1. The Morgan fingerprint density at radius 3 is 3.00 bits per heavy atom. The number of H-pyrrole nitrogens is 1. The van der Waals surface area contributed by atoms with Crippen LogP contribution in [0.15, 0.2) is 12.4 Å². The largest absolute Gasteiger partial charge is 0.338 e. The predicted molar refractivity (Wildman–Crippen MR) is 63.3 cm³/mol. The van der Waals surface area contributed by atoms with Gasteiger partial charge in [0.25, 0.3) is 5.91 Å². The van der Waals surface area contributed by atoms with Gasteiger partial charge in [-0.1, -0.05) is 0 Å². The van der Waals surface area contributed by atoms with E-state index in [1.54, 1.807) is 12.4 Å². The molecule has 2 heterocycles. The molecule has 5 heteroatoms. The number of hydrogen-bond donors (Lipinski definition) is 2. The van der Waals surface area contributed by atoms with Crippen molar-refractivity contribution >= 4 is 5.91 Å². The van der Waals surface area contributed by atoms with Crippen LogP contribution in [0.25, 0.3) is 0 Å². The molecular formula is C12H18N4O. The summed E-state index contributed by atoms with van der Waals surface area (Å²) in [5.41, 5.74) is 6.65. The summed E-state index contributed by atoms with van der Waals surface area (Å²) in [7, 11) is 0. The van der Waals surface area contributed by atoms with E-state index in [2.05, 4.69) is 10.2 Å². The molecule has 5 nitrogen and oxygen atoms in total. The third-order valence-electron chi connectivity index (χ3n) is 4.12. The smallest absolute Gasteiger partial charge is 0.257 e. The van der Waals surface area contributed by atoms with Gasteiger partial charge in [0.1, 0.15) is 0 Å². The zero-order chi connectivity index (χ0) is 11.8. The summed E-state index contributed by atoms with van der Waals surface area (Å²) in [5.74, 6) is 1.36. The van der Waals surface area contributed by atoms with Crippen molar-refractivity contribution in [2.75, 3.05) is 13.1 Å². The van der Waals surface area contributed by atoms with Gasteiger partial charge >= 0.3 is 0 Å². The summed E-state index contributed by atoms with van der Waals surface area (Å²) in [4.78, 5) is 14.1. The van der Waals surface area contributed by atoms with Crippen LogP contribution >= 0.6 is 0 Å². The Hall–Kier alpha value is -1.36. The van der Waals surface area contributed by atoms with Gasteiger partial charge in [-0.05, 0) is 31.1 Å². The van der Waals surface area contributed by atoms with Crippen molar-refractivity contribution in [2.45, 2.75) is 25.3 Å². The van der Waals surface area contributed by atoms with Crippen molar-refractivity contribution in [2.24, 2.45) is 17.6 Å². The third-order valence-corrected chi connectivity index (χ3v) is 4.12. The first kappa shape index (κ1) is 10.8. The summed E-state index contributed by atoms with van der Waals surface area (Å²) in [6.45, 7) is 1.75. The summed E-state index contributed by atoms with van der Waals surface area (Å²) < 4.78 is 0. The summed E-state index contributed by atoms with van der Waals surface area (Å²) in [6, 6.07) is 0.334. The zero-order valence-electron chi connectivity index (χ0n) is 9.80. The number of aromatic nitrogens is 2. The Balaban J connectivity index is 1.69. The number of carbonyl (C=O) groups excluding carboxylic acids is 1. The maximum absolute atomic E-state index is 12.2. The average molecular weight is 234 g/mol. The van der Waals surface area contributed by atoms with E-state index in [0.717, 1.165) is 25.9 Å². The number of nitrogens with one attached hydrogen (secondary N) is 1. The van der Waals surface area contributed by atoms with Crippen LogP contribution in [0.2, 0.25) is 0 Å². The number of amides is 1. The lowest BCUT2D eigenvalue weighted by molar-refractivity contribution is 0.0784. The van der Waals surface area contributed by atoms with Gasteiger partial charge in [-0.2, -0.15) is 5.10 Å². The fourth-order valence-electron chi connectivity index (χ4n) is 3.18. The highest BCUT2D eigenvalue weighted by Crippen LogP contribution is 2.36. The van der Waals surface area contributed by atoms with Crippen LogP contribution in [0.3, 0.4) is 0 Å². The molecule has 1 saturated carbocycles. The van der Waals surface area contributed by atoms with Gasteiger partial charge in [0.15, 0.2) is 0 Å². The number of carbonyl (C=O) groups is 1. The molecule has 2 aliphatic rings. The minimum atomic E-state index is 0.0988. The highest BCUT2D eigenvalue weighted by atomic mass is 16.2. The third kappa shape index (κ3) is 1.95. The lowest BCUT2D eigenvalue weighted by Gasteiger charge is -2.27. The summed E-state index contributed by atoms with van der Waals surface area (Å²) in [6.07, 6.45) is 6.60. The molecule has 3 N–H and O–H groups in total. The van der Waals surface area contributed by atoms with Crippen molar-refractivity contribution in [3.8, 4) is 0 Å². The first-order valence-electron chi connectivity index (χ1n) is 6.27. The molecule has 0 aromatic carbocycles. The van der Waals surface area contributed by atoms with Crippen LogP contribution < -0.4 is 5.73 Å². The Bertz CT molecular complexity index is 403. The number of aromatic amines is 1. The Morgan fingerprint density at radius 2 is 2.24 bits per heavy atom. The molecule has 1 aliphatic heterocycles. The first-order valence-corrected chi connectivity index (χ1v) is 6.27. The van der Waals surface area contributed by atoms with Gasteiger partial charge in [0, 0.05) is 25.3 Å². The Labute approximate surface area is 100 Å². The fourth-order valence-corrected chi connectivity index (χ4v) is 3.18. The lowest BCUT2D eigenvalue weighted by Crippen LogP contribution is -2.32. The topological polar surface area (TPSA) is 75.0 Å². The Morgan fingerprint density at radius 1 is 1.41 bits per heavy atom. The molecule has 1 aliphatic carbocycles. The van der Waals surface area contributed by atoms with Crippen LogP contribution in [0, 0.1) is 11.8 Å². The molecule has 1 aromatic heterocycles. The van der Waals surface area contributed by atoms with Gasteiger partial charge < -0.3 is 10.6 Å². The van der Waals surface area contributed by atoms with Crippen LogP contribution in [0.1, 0.15) is 29.6 Å². The number of rotatable bonds is 1. The quantitative estimate of drug-likeness (QED) is 0.747. The van der Waals surface area contributed by atoms with Crippen LogP contribution in [-0.4, -0.2) is 40.1 Å². The van der Waals surface area contributed by atoms with Gasteiger partial charge in [-0.3, -0.25) is 9.89 Å². The van der Waals surface area contributed by atoms with Crippen molar-refractivity contribution in [3.05, 3.63) is 18.0 Å². The number of likely N-dealkylation sites (tertiary alicyclic amines) is 1. The fraction of sp³-hybridized carbons (Fsp3) is 0.667. The minimum absolute atomic E-state index is 0.0988. The van der Waals surface area contributed by atoms with E-state index >= 15 is 0 Å². The monoisotopic (exact) mass is 234 g/mol. The van der Waals surface area contributed by atoms with E-state index in [4.69, 9.17) is 5.73 Å². The van der Waals surface area contributed by atoms with Gasteiger partial charge in [0.05, 0.1) is 11.8 Å². The molecule has 0 bridgehead atoms.